The molecule has 1 rings (SSSR count). The third-order valence-electron chi connectivity index (χ3n) is 1.18. The molecule has 66 valence electrons. The van der Waals surface area contributed by atoms with Crippen molar-refractivity contribution in [2.24, 2.45) is 0 Å². The standard InChI is InChI=1S/C5H4ClNO4S/c6-12(10,11)3-7-4(8)1-2-5(7)9/h1-2H,3H2. The molecular weight excluding hydrogens is 206 g/mol. The van der Waals surface area contributed by atoms with Crippen molar-refractivity contribution in [2.45, 2.75) is 0 Å². The van der Waals surface area contributed by atoms with Crippen molar-refractivity contribution < 1.29 is 18.0 Å². The van der Waals surface area contributed by atoms with Crippen molar-refractivity contribution in [2.75, 3.05) is 5.88 Å². The summed E-state index contributed by atoms with van der Waals surface area (Å²) < 4.78 is 20.9. The van der Waals surface area contributed by atoms with Crippen molar-refractivity contribution in [3.8, 4) is 0 Å². The third-order valence-corrected chi connectivity index (χ3v) is 2.04. The molecule has 5 nitrogen and oxygen atoms in total. The van der Waals surface area contributed by atoms with Crippen LogP contribution >= 0.6 is 10.7 Å². The van der Waals surface area contributed by atoms with Crippen LogP contribution in [0, 0.1) is 0 Å². The van der Waals surface area contributed by atoms with Crippen LogP contribution in [0.1, 0.15) is 0 Å². The van der Waals surface area contributed by atoms with Gasteiger partial charge in [-0.1, -0.05) is 0 Å². The number of nitrogens with zero attached hydrogens (tertiary/aromatic N) is 1. The molecule has 2 amide bonds. The van der Waals surface area contributed by atoms with Crippen LogP contribution in [0.2, 0.25) is 0 Å². The van der Waals surface area contributed by atoms with Crippen molar-refractivity contribution in [3.63, 3.8) is 0 Å². The predicted octanol–water partition coefficient (Wildman–Crippen LogP) is -0.562. The zero-order valence-electron chi connectivity index (χ0n) is 5.73. The zero-order valence-corrected chi connectivity index (χ0v) is 7.30. The van der Waals surface area contributed by atoms with E-state index >= 15 is 0 Å². The van der Waals surface area contributed by atoms with Gasteiger partial charge in [0.25, 0.3) is 20.9 Å². The highest BCUT2D eigenvalue weighted by Gasteiger charge is 2.27. The van der Waals surface area contributed by atoms with E-state index in [4.69, 9.17) is 10.7 Å². The van der Waals surface area contributed by atoms with Gasteiger partial charge in [0.05, 0.1) is 0 Å². The van der Waals surface area contributed by atoms with E-state index in [1.807, 2.05) is 0 Å². The highest BCUT2D eigenvalue weighted by atomic mass is 35.7. The van der Waals surface area contributed by atoms with E-state index < -0.39 is 26.7 Å². The molecule has 0 N–H and O–H groups in total. The first kappa shape index (κ1) is 9.21. The van der Waals surface area contributed by atoms with Crippen LogP contribution in [-0.4, -0.2) is 31.0 Å². The van der Waals surface area contributed by atoms with Crippen LogP contribution in [0.5, 0.6) is 0 Å². The number of hydrogen-bond acceptors (Lipinski definition) is 4. The molecule has 7 heteroatoms. The fourth-order valence-electron chi connectivity index (χ4n) is 0.713. The first-order valence-electron chi connectivity index (χ1n) is 2.86. The van der Waals surface area contributed by atoms with Gasteiger partial charge in [-0.2, -0.15) is 0 Å². The van der Waals surface area contributed by atoms with E-state index in [9.17, 15) is 18.0 Å². The summed E-state index contributed by atoms with van der Waals surface area (Å²) in [6, 6.07) is 0. The summed E-state index contributed by atoms with van der Waals surface area (Å²) >= 11 is 0. The Hall–Kier alpha value is -0.880. The molecular formula is C5H4ClNO4S. The fraction of sp³-hybridized carbons (Fsp3) is 0.200. The van der Waals surface area contributed by atoms with Gasteiger partial charge >= 0.3 is 0 Å². The van der Waals surface area contributed by atoms with E-state index in [0.29, 0.717) is 4.90 Å². The number of carbonyl (C=O) groups is 2. The van der Waals surface area contributed by atoms with Gasteiger partial charge in [0.15, 0.2) is 0 Å². The van der Waals surface area contributed by atoms with Crippen LogP contribution in [0.4, 0.5) is 0 Å². The number of carbonyl (C=O) groups excluding carboxylic acids is 2. The normalized spacial score (nSPS) is 17.6. The molecule has 0 bridgehead atoms. The van der Waals surface area contributed by atoms with Crippen molar-refractivity contribution in [1.29, 1.82) is 0 Å². The Balaban J connectivity index is 2.79. The lowest BCUT2D eigenvalue weighted by Gasteiger charge is -2.09. The third kappa shape index (κ3) is 2.05. The van der Waals surface area contributed by atoms with Crippen molar-refractivity contribution in [3.05, 3.63) is 12.2 Å². The molecule has 0 fully saturated rings. The molecule has 1 aliphatic rings. The minimum absolute atomic E-state index is 0.544. The summed E-state index contributed by atoms with van der Waals surface area (Å²) in [6.45, 7) is 0. The minimum atomic E-state index is -3.86. The summed E-state index contributed by atoms with van der Waals surface area (Å²) in [5, 5.41) is 0. The number of amides is 2. The lowest BCUT2D eigenvalue weighted by atomic mass is 10.6. The first-order chi connectivity index (χ1) is 5.40. The van der Waals surface area contributed by atoms with Crippen LogP contribution in [0.3, 0.4) is 0 Å². The van der Waals surface area contributed by atoms with E-state index in [-0.39, 0.29) is 0 Å². The molecule has 1 aliphatic heterocycles. The predicted molar refractivity (Wildman–Crippen MR) is 40.6 cm³/mol. The molecule has 0 radical (unpaired) electrons. The molecule has 0 spiro atoms. The van der Waals surface area contributed by atoms with Gasteiger partial charge in [0, 0.05) is 22.8 Å². The van der Waals surface area contributed by atoms with Crippen LogP contribution < -0.4 is 0 Å². The largest absolute Gasteiger partial charge is 0.269 e. The Bertz CT molecular complexity index is 340. The maximum atomic E-state index is 10.8. The monoisotopic (exact) mass is 209 g/mol. The molecule has 0 aliphatic carbocycles. The van der Waals surface area contributed by atoms with Crippen molar-refractivity contribution in [1.82, 2.24) is 4.90 Å². The maximum Gasteiger partial charge on any atom is 0.254 e. The second kappa shape index (κ2) is 2.87. The number of imide groups is 1. The lowest BCUT2D eigenvalue weighted by molar-refractivity contribution is -0.135. The second-order valence-electron chi connectivity index (χ2n) is 2.11. The summed E-state index contributed by atoms with van der Waals surface area (Å²) in [5.41, 5.74) is 0. The molecule has 0 saturated carbocycles. The number of rotatable bonds is 2. The zero-order chi connectivity index (χ0) is 9.35. The fourth-order valence-corrected chi connectivity index (χ4v) is 1.57. The average molecular weight is 210 g/mol. The molecule has 0 saturated heterocycles. The number of halogens is 1. The van der Waals surface area contributed by atoms with E-state index in [2.05, 4.69) is 0 Å². The van der Waals surface area contributed by atoms with Crippen LogP contribution in [0.15, 0.2) is 12.2 Å². The Labute approximate surface area is 73.0 Å². The summed E-state index contributed by atoms with van der Waals surface area (Å²) in [7, 11) is 0.985. The average Bonchev–Trinajstić information content (AvgIpc) is 2.16. The summed E-state index contributed by atoms with van der Waals surface area (Å²) in [6.07, 6.45) is 1.98. The SMILES string of the molecule is O=C1C=CC(=O)N1CS(=O)(=O)Cl. The molecule has 1 heterocycles. The van der Waals surface area contributed by atoms with E-state index in [1.54, 1.807) is 0 Å². The van der Waals surface area contributed by atoms with Crippen LogP contribution in [-0.2, 0) is 18.6 Å². The van der Waals surface area contributed by atoms with Crippen LogP contribution in [0.25, 0.3) is 0 Å². The summed E-state index contributed by atoms with van der Waals surface area (Å²) in [5.74, 6) is -2.10. The molecule has 12 heavy (non-hydrogen) atoms. The Morgan fingerprint density at radius 1 is 1.25 bits per heavy atom. The Kier molecular flexibility index (Phi) is 2.20. The van der Waals surface area contributed by atoms with Gasteiger partial charge in [-0.05, 0) is 0 Å². The molecule has 0 unspecified atom stereocenters. The van der Waals surface area contributed by atoms with Gasteiger partial charge < -0.3 is 0 Å². The van der Waals surface area contributed by atoms with Crippen molar-refractivity contribution >= 4 is 31.5 Å². The smallest absolute Gasteiger partial charge is 0.254 e. The molecule has 0 atom stereocenters. The lowest BCUT2D eigenvalue weighted by Crippen LogP contribution is -2.33. The quantitative estimate of drug-likeness (QED) is 0.451. The van der Waals surface area contributed by atoms with Gasteiger partial charge in [0.2, 0.25) is 0 Å². The molecule has 0 aromatic carbocycles. The number of hydrogen-bond donors (Lipinski definition) is 0. The highest BCUT2D eigenvalue weighted by molar-refractivity contribution is 8.13. The Morgan fingerprint density at radius 2 is 1.67 bits per heavy atom. The van der Waals surface area contributed by atoms with Gasteiger partial charge in [-0.3, -0.25) is 14.5 Å². The molecule has 0 aromatic heterocycles. The first-order valence-corrected chi connectivity index (χ1v) is 5.34. The topological polar surface area (TPSA) is 71.5 Å². The Morgan fingerprint density at radius 3 is 2.00 bits per heavy atom. The summed E-state index contributed by atoms with van der Waals surface area (Å²) in [4.78, 5) is 22.1. The van der Waals surface area contributed by atoms with Gasteiger partial charge in [0.1, 0.15) is 5.88 Å². The molecule has 0 aromatic rings. The minimum Gasteiger partial charge on any atom is -0.269 e. The van der Waals surface area contributed by atoms with E-state index in [0.717, 1.165) is 12.2 Å². The van der Waals surface area contributed by atoms with Gasteiger partial charge in [-0.15, -0.1) is 0 Å². The maximum absolute atomic E-state index is 10.8. The van der Waals surface area contributed by atoms with Gasteiger partial charge in [-0.25, -0.2) is 8.42 Å². The second-order valence-corrected chi connectivity index (χ2v) is 4.85. The highest BCUT2D eigenvalue weighted by Crippen LogP contribution is 2.07. The van der Waals surface area contributed by atoms with E-state index in [1.165, 1.54) is 0 Å².